The first-order valence-corrected chi connectivity index (χ1v) is 9.83. The molecular formula is C22H22ClN5O3. The van der Waals surface area contributed by atoms with Gasteiger partial charge in [0.25, 0.3) is 11.8 Å². The molecular weight excluding hydrogens is 418 g/mol. The van der Waals surface area contributed by atoms with Crippen LogP contribution in [0, 0.1) is 0 Å². The summed E-state index contributed by atoms with van der Waals surface area (Å²) in [5.41, 5.74) is 7.88. The average molecular weight is 440 g/mol. The second-order valence-corrected chi connectivity index (χ2v) is 7.11. The molecule has 0 bridgehead atoms. The number of aliphatic imine (C=N–C) groups is 1. The molecule has 1 aliphatic carbocycles. The fourth-order valence-electron chi connectivity index (χ4n) is 2.97. The number of anilines is 2. The van der Waals surface area contributed by atoms with E-state index in [0.717, 1.165) is 5.57 Å². The monoisotopic (exact) mass is 439 g/mol. The van der Waals surface area contributed by atoms with Gasteiger partial charge in [-0.25, -0.2) is 4.98 Å². The fraction of sp³-hybridized carbons (Fsp3) is 0.182. The highest BCUT2D eigenvalue weighted by Crippen LogP contribution is 2.25. The Morgan fingerprint density at radius 2 is 1.84 bits per heavy atom. The van der Waals surface area contributed by atoms with Crippen molar-refractivity contribution in [1.29, 1.82) is 0 Å². The topological polar surface area (TPSA) is 119 Å². The quantitative estimate of drug-likeness (QED) is 0.469. The normalized spacial score (nSPS) is 13.7. The zero-order valence-electron chi connectivity index (χ0n) is 17.1. The summed E-state index contributed by atoms with van der Waals surface area (Å²) in [6, 6.07) is 8.03. The van der Waals surface area contributed by atoms with Crippen LogP contribution >= 0.6 is 11.6 Å². The number of benzene rings is 1. The van der Waals surface area contributed by atoms with Gasteiger partial charge in [0, 0.05) is 18.8 Å². The van der Waals surface area contributed by atoms with Gasteiger partial charge in [0.1, 0.15) is 17.4 Å². The molecule has 160 valence electrons. The molecule has 0 saturated heterocycles. The predicted octanol–water partition coefficient (Wildman–Crippen LogP) is 3.57. The molecule has 8 nitrogen and oxygen atoms in total. The Bertz CT molecular complexity index is 1090. The second-order valence-electron chi connectivity index (χ2n) is 6.67. The summed E-state index contributed by atoms with van der Waals surface area (Å²) in [6.07, 6.45) is 6.06. The molecule has 3 rings (SSSR count). The average Bonchev–Trinajstić information content (AvgIpc) is 2.80. The van der Waals surface area contributed by atoms with Crippen LogP contribution in [0.4, 0.5) is 11.5 Å². The van der Waals surface area contributed by atoms with Crippen LogP contribution in [0.15, 0.2) is 64.8 Å². The third kappa shape index (κ3) is 5.49. The van der Waals surface area contributed by atoms with Gasteiger partial charge in [-0.05, 0) is 48.7 Å². The SMILES string of the molecule is CN=C(N)C1=CC=C(C(=O)Nc2ccc(OC)cc2C(=O)Nc2ccc(Cl)cn2)CC1. The molecule has 1 aromatic heterocycles. The molecule has 9 heteroatoms. The summed E-state index contributed by atoms with van der Waals surface area (Å²) in [5, 5.41) is 5.95. The number of allylic oxidation sites excluding steroid dienone is 2. The van der Waals surface area contributed by atoms with Crippen LogP contribution in [0.5, 0.6) is 5.75 Å². The summed E-state index contributed by atoms with van der Waals surface area (Å²) >= 11 is 5.83. The van der Waals surface area contributed by atoms with Gasteiger partial charge in [-0.2, -0.15) is 0 Å². The third-order valence-electron chi connectivity index (χ3n) is 4.70. The van der Waals surface area contributed by atoms with Crippen LogP contribution in [0.1, 0.15) is 23.2 Å². The van der Waals surface area contributed by atoms with Crippen LogP contribution in [-0.2, 0) is 4.79 Å². The molecule has 0 aliphatic heterocycles. The molecule has 0 saturated carbocycles. The lowest BCUT2D eigenvalue weighted by Crippen LogP contribution is -2.22. The summed E-state index contributed by atoms with van der Waals surface area (Å²) in [7, 11) is 3.12. The van der Waals surface area contributed by atoms with Gasteiger partial charge in [0.05, 0.1) is 23.4 Å². The van der Waals surface area contributed by atoms with Gasteiger partial charge in [-0.15, -0.1) is 0 Å². The molecule has 4 N–H and O–H groups in total. The highest BCUT2D eigenvalue weighted by Gasteiger charge is 2.19. The zero-order chi connectivity index (χ0) is 22.4. The number of rotatable bonds is 6. The Morgan fingerprint density at radius 1 is 1.10 bits per heavy atom. The number of aromatic nitrogens is 1. The maximum absolute atomic E-state index is 12.9. The van der Waals surface area contributed by atoms with E-state index in [2.05, 4.69) is 20.6 Å². The van der Waals surface area contributed by atoms with E-state index in [1.165, 1.54) is 13.3 Å². The van der Waals surface area contributed by atoms with E-state index in [0.29, 0.717) is 46.5 Å². The van der Waals surface area contributed by atoms with E-state index < -0.39 is 5.91 Å². The van der Waals surface area contributed by atoms with Crippen LogP contribution in [-0.4, -0.2) is 36.8 Å². The Labute approximate surface area is 184 Å². The number of halogens is 1. The predicted molar refractivity (Wildman–Crippen MR) is 122 cm³/mol. The van der Waals surface area contributed by atoms with Gasteiger partial charge >= 0.3 is 0 Å². The van der Waals surface area contributed by atoms with E-state index in [-0.39, 0.29) is 11.5 Å². The van der Waals surface area contributed by atoms with E-state index >= 15 is 0 Å². The van der Waals surface area contributed by atoms with Crippen molar-refractivity contribution in [3.8, 4) is 5.75 Å². The van der Waals surface area contributed by atoms with Crippen molar-refractivity contribution in [2.24, 2.45) is 10.7 Å². The Balaban J connectivity index is 1.82. The van der Waals surface area contributed by atoms with Crippen molar-refractivity contribution in [3.05, 3.63) is 70.4 Å². The molecule has 31 heavy (non-hydrogen) atoms. The number of nitrogens with two attached hydrogens (primary N) is 1. The summed E-state index contributed by atoms with van der Waals surface area (Å²) in [4.78, 5) is 33.7. The molecule has 0 atom stereocenters. The number of amides is 2. The number of nitrogens with zero attached hydrogens (tertiary/aromatic N) is 2. The maximum atomic E-state index is 12.9. The van der Waals surface area contributed by atoms with Crippen molar-refractivity contribution in [1.82, 2.24) is 4.98 Å². The second kappa shape index (κ2) is 9.90. The summed E-state index contributed by atoms with van der Waals surface area (Å²) in [5.74, 6) is 0.519. The van der Waals surface area contributed by atoms with E-state index in [1.54, 1.807) is 49.5 Å². The number of methoxy groups -OCH3 is 1. The van der Waals surface area contributed by atoms with Crippen LogP contribution in [0.25, 0.3) is 0 Å². The molecule has 1 aliphatic rings. The molecule has 2 amide bonds. The number of carbonyl (C=O) groups is 2. The minimum Gasteiger partial charge on any atom is -0.497 e. The number of hydrogen-bond donors (Lipinski definition) is 3. The van der Waals surface area contributed by atoms with E-state index in [4.69, 9.17) is 22.1 Å². The highest BCUT2D eigenvalue weighted by atomic mass is 35.5. The highest BCUT2D eigenvalue weighted by molar-refractivity contribution is 6.30. The number of nitrogens with one attached hydrogen (secondary N) is 2. The number of hydrogen-bond acceptors (Lipinski definition) is 5. The first-order chi connectivity index (χ1) is 14.9. The number of amidine groups is 1. The minimum atomic E-state index is -0.448. The Kier molecular flexibility index (Phi) is 7.04. The number of carbonyl (C=O) groups excluding carboxylic acids is 2. The van der Waals surface area contributed by atoms with Gasteiger partial charge in [-0.1, -0.05) is 23.8 Å². The lowest BCUT2D eigenvalue weighted by atomic mass is 9.97. The molecule has 0 spiro atoms. The maximum Gasteiger partial charge on any atom is 0.259 e. The zero-order valence-corrected chi connectivity index (χ0v) is 17.9. The summed E-state index contributed by atoms with van der Waals surface area (Å²) in [6.45, 7) is 0. The van der Waals surface area contributed by atoms with Crippen molar-refractivity contribution in [2.75, 3.05) is 24.8 Å². The lowest BCUT2D eigenvalue weighted by Gasteiger charge is -2.16. The van der Waals surface area contributed by atoms with Gasteiger partial charge < -0.3 is 21.1 Å². The first kappa shape index (κ1) is 22.0. The molecule has 2 aromatic rings. The number of ether oxygens (including phenoxy) is 1. The van der Waals surface area contributed by atoms with Crippen LogP contribution in [0.3, 0.4) is 0 Å². The van der Waals surface area contributed by atoms with Gasteiger partial charge in [-0.3, -0.25) is 14.6 Å². The minimum absolute atomic E-state index is 0.236. The molecule has 1 aromatic carbocycles. The molecule has 0 fully saturated rings. The standard InChI is InChI=1S/C22H22ClN5O3/c1-25-20(24)13-3-5-14(6-4-13)21(29)27-18-9-8-16(31-2)11-17(18)22(30)28-19-10-7-15(23)12-26-19/h3,5,7-12H,4,6H2,1-2H3,(H2,24,25)(H,27,29)(H,26,28,30). The molecule has 0 unspecified atom stereocenters. The summed E-state index contributed by atoms with van der Waals surface area (Å²) < 4.78 is 5.22. The van der Waals surface area contributed by atoms with E-state index in [9.17, 15) is 9.59 Å². The van der Waals surface area contributed by atoms with E-state index in [1.807, 2.05) is 0 Å². The van der Waals surface area contributed by atoms with Crippen molar-refractivity contribution in [2.45, 2.75) is 12.8 Å². The van der Waals surface area contributed by atoms with Crippen LogP contribution in [0.2, 0.25) is 5.02 Å². The smallest absolute Gasteiger partial charge is 0.259 e. The third-order valence-corrected chi connectivity index (χ3v) is 4.92. The van der Waals surface area contributed by atoms with Gasteiger partial charge in [0.2, 0.25) is 0 Å². The lowest BCUT2D eigenvalue weighted by molar-refractivity contribution is -0.113. The van der Waals surface area contributed by atoms with Gasteiger partial charge in [0.15, 0.2) is 0 Å². The van der Waals surface area contributed by atoms with Crippen molar-refractivity contribution < 1.29 is 14.3 Å². The van der Waals surface area contributed by atoms with Crippen molar-refractivity contribution >= 4 is 40.8 Å². The molecule has 0 radical (unpaired) electrons. The molecule has 1 heterocycles. The number of pyridine rings is 1. The fourth-order valence-corrected chi connectivity index (χ4v) is 3.08. The Hall–Kier alpha value is -3.65. The van der Waals surface area contributed by atoms with Crippen LogP contribution < -0.4 is 21.1 Å². The van der Waals surface area contributed by atoms with Crippen molar-refractivity contribution in [3.63, 3.8) is 0 Å². The Morgan fingerprint density at radius 3 is 2.45 bits per heavy atom. The first-order valence-electron chi connectivity index (χ1n) is 9.46. The largest absolute Gasteiger partial charge is 0.497 e.